The third-order valence-electron chi connectivity index (χ3n) is 5.46. The zero-order chi connectivity index (χ0) is 20.4. The van der Waals surface area contributed by atoms with Gasteiger partial charge in [0.2, 0.25) is 5.91 Å². The van der Waals surface area contributed by atoms with E-state index in [9.17, 15) is 4.79 Å². The molecule has 0 unspecified atom stereocenters. The van der Waals surface area contributed by atoms with Crippen molar-refractivity contribution in [1.29, 1.82) is 0 Å². The second-order valence-electron chi connectivity index (χ2n) is 7.40. The Hall–Kier alpha value is -2.72. The molecule has 1 aliphatic rings. The summed E-state index contributed by atoms with van der Waals surface area (Å²) in [5.41, 5.74) is 4.78. The number of aryl methyl sites for hydroxylation is 2. The fraction of sp³-hybridized carbons (Fsp3) is 0.292. The van der Waals surface area contributed by atoms with Crippen molar-refractivity contribution in [3.05, 3.63) is 69.9 Å². The first kappa shape index (κ1) is 19.6. The van der Waals surface area contributed by atoms with E-state index in [-0.39, 0.29) is 5.91 Å². The molecule has 0 atom stereocenters. The molecule has 1 aliphatic carbocycles. The summed E-state index contributed by atoms with van der Waals surface area (Å²) in [6, 6.07) is 11.5. The topological polar surface area (TPSA) is 51.5 Å². The van der Waals surface area contributed by atoms with E-state index in [2.05, 4.69) is 11.4 Å². The number of amides is 1. The van der Waals surface area contributed by atoms with Crippen LogP contribution < -0.4 is 10.1 Å². The van der Waals surface area contributed by atoms with Crippen LogP contribution >= 0.6 is 11.6 Å². The normalized spacial score (nSPS) is 14.0. The second-order valence-corrected chi connectivity index (χ2v) is 7.80. The summed E-state index contributed by atoms with van der Waals surface area (Å²) in [4.78, 5) is 12.5. The summed E-state index contributed by atoms with van der Waals surface area (Å²) in [5.74, 6) is 1.62. The van der Waals surface area contributed by atoms with Gasteiger partial charge in [-0.1, -0.05) is 29.8 Å². The Kier molecular flexibility index (Phi) is 5.63. The summed E-state index contributed by atoms with van der Waals surface area (Å²) >= 11 is 6.16. The summed E-state index contributed by atoms with van der Waals surface area (Å²) in [7, 11) is 1.64. The Morgan fingerprint density at radius 2 is 2.03 bits per heavy atom. The number of hydrogen-bond acceptors (Lipinski definition) is 3. The zero-order valence-corrected chi connectivity index (χ0v) is 17.4. The van der Waals surface area contributed by atoms with Gasteiger partial charge in [0.15, 0.2) is 0 Å². The lowest BCUT2D eigenvalue weighted by Gasteiger charge is -2.11. The number of furan rings is 1. The van der Waals surface area contributed by atoms with Gasteiger partial charge in [-0.3, -0.25) is 4.79 Å². The average Bonchev–Trinajstić information content (AvgIpc) is 3.09. The Morgan fingerprint density at radius 1 is 1.24 bits per heavy atom. The molecule has 0 aliphatic heterocycles. The molecule has 5 heteroatoms. The molecule has 0 radical (unpaired) electrons. The van der Waals surface area contributed by atoms with Gasteiger partial charge in [0.1, 0.15) is 17.1 Å². The number of carbonyl (C=O) groups excluding carboxylic acids is 1. The van der Waals surface area contributed by atoms with E-state index in [1.807, 2.05) is 37.3 Å². The van der Waals surface area contributed by atoms with E-state index >= 15 is 0 Å². The number of ether oxygens (including phenoxy) is 1. The molecule has 1 heterocycles. The fourth-order valence-corrected chi connectivity index (χ4v) is 4.12. The number of hydrogen-bond donors (Lipinski definition) is 1. The van der Waals surface area contributed by atoms with E-state index in [1.54, 1.807) is 13.2 Å². The van der Waals surface area contributed by atoms with E-state index in [0.717, 1.165) is 46.3 Å². The van der Waals surface area contributed by atoms with Crippen molar-refractivity contribution in [2.75, 3.05) is 7.11 Å². The van der Waals surface area contributed by atoms with Gasteiger partial charge in [-0.15, -0.1) is 0 Å². The maximum Gasteiger partial charge on any atom is 0.244 e. The van der Waals surface area contributed by atoms with Gasteiger partial charge in [-0.2, -0.15) is 0 Å². The first-order valence-corrected chi connectivity index (χ1v) is 10.3. The summed E-state index contributed by atoms with van der Waals surface area (Å²) in [5, 5.41) is 4.67. The van der Waals surface area contributed by atoms with Crippen molar-refractivity contribution in [2.45, 2.75) is 39.2 Å². The van der Waals surface area contributed by atoms with Crippen LogP contribution in [-0.2, 0) is 24.2 Å². The van der Waals surface area contributed by atoms with Crippen LogP contribution in [0.5, 0.6) is 5.75 Å². The summed E-state index contributed by atoms with van der Waals surface area (Å²) in [6.45, 7) is 2.30. The molecular weight excluding hydrogens is 386 g/mol. The highest BCUT2D eigenvalue weighted by atomic mass is 35.5. The van der Waals surface area contributed by atoms with E-state index in [0.29, 0.717) is 17.3 Å². The van der Waals surface area contributed by atoms with Gasteiger partial charge < -0.3 is 14.5 Å². The Morgan fingerprint density at radius 3 is 2.83 bits per heavy atom. The molecule has 1 aromatic heterocycles. The second kappa shape index (κ2) is 8.34. The van der Waals surface area contributed by atoms with Crippen molar-refractivity contribution >= 4 is 34.1 Å². The van der Waals surface area contributed by atoms with Crippen LogP contribution in [0.3, 0.4) is 0 Å². The summed E-state index contributed by atoms with van der Waals surface area (Å²) in [6.07, 6.45) is 5.98. The minimum Gasteiger partial charge on any atom is -0.496 e. The highest BCUT2D eigenvalue weighted by molar-refractivity contribution is 6.31. The predicted octanol–water partition coefficient (Wildman–Crippen LogP) is 5.69. The van der Waals surface area contributed by atoms with Gasteiger partial charge in [0.05, 0.1) is 7.11 Å². The van der Waals surface area contributed by atoms with Gasteiger partial charge in [0.25, 0.3) is 0 Å². The molecule has 1 N–H and O–H groups in total. The van der Waals surface area contributed by atoms with Crippen molar-refractivity contribution in [3.63, 3.8) is 0 Å². The van der Waals surface area contributed by atoms with Crippen LogP contribution in [0.2, 0.25) is 5.02 Å². The van der Waals surface area contributed by atoms with Crippen molar-refractivity contribution in [2.24, 2.45) is 0 Å². The quantitative estimate of drug-likeness (QED) is 0.550. The highest BCUT2D eigenvalue weighted by Crippen LogP contribution is 2.37. The molecule has 0 bridgehead atoms. The number of methoxy groups -OCH3 is 1. The number of carbonyl (C=O) groups is 1. The molecule has 4 nitrogen and oxygen atoms in total. The van der Waals surface area contributed by atoms with Crippen molar-refractivity contribution < 1.29 is 13.9 Å². The first-order valence-electron chi connectivity index (χ1n) is 9.89. The highest BCUT2D eigenvalue weighted by Gasteiger charge is 2.20. The number of rotatable bonds is 5. The maximum absolute atomic E-state index is 12.5. The van der Waals surface area contributed by atoms with Crippen LogP contribution in [0, 0.1) is 0 Å². The molecule has 0 fully saturated rings. The van der Waals surface area contributed by atoms with Gasteiger partial charge in [-0.05, 0) is 49.5 Å². The molecule has 4 rings (SSSR count). The molecule has 150 valence electrons. The van der Waals surface area contributed by atoms with Crippen LogP contribution in [0.25, 0.3) is 16.5 Å². The lowest BCUT2D eigenvalue weighted by molar-refractivity contribution is -0.116. The summed E-state index contributed by atoms with van der Waals surface area (Å²) < 4.78 is 11.6. The number of nitrogens with one attached hydrogen (secondary N) is 1. The molecule has 0 saturated carbocycles. The number of fused-ring (bicyclic) bond motifs is 3. The monoisotopic (exact) mass is 409 g/mol. The number of benzene rings is 2. The third kappa shape index (κ3) is 4.03. The molecule has 2 aromatic carbocycles. The van der Waals surface area contributed by atoms with Gasteiger partial charge in [-0.25, -0.2) is 0 Å². The molecule has 0 saturated heterocycles. The maximum atomic E-state index is 12.5. The largest absolute Gasteiger partial charge is 0.496 e. The van der Waals surface area contributed by atoms with Crippen molar-refractivity contribution in [3.8, 4) is 5.75 Å². The van der Waals surface area contributed by atoms with Crippen LogP contribution in [0.4, 0.5) is 0 Å². The van der Waals surface area contributed by atoms with E-state index in [4.69, 9.17) is 20.8 Å². The van der Waals surface area contributed by atoms with Gasteiger partial charge >= 0.3 is 0 Å². The minimum absolute atomic E-state index is 0.168. The van der Waals surface area contributed by atoms with Crippen LogP contribution in [-0.4, -0.2) is 13.0 Å². The molecule has 1 amide bonds. The fourth-order valence-electron chi connectivity index (χ4n) is 3.92. The molecule has 3 aromatic rings. The Labute approximate surface area is 175 Å². The minimum atomic E-state index is -0.168. The average molecular weight is 410 g/mol. The van der Waals surface area contributed by atoms with E-state index < -0.39 is 0 Å². The Bertz CT molecular complexity index is 1100. The van der Waals surface area contributed by atoms with Gasteiger partial charge in [0, 0.05) is 46.6 Å². The standard InChI is InChI=1S/C24H24ClNO3/c1-15(11-24(27)26-14-16-7-3-5-9-20(16)25)18-12-19-17-8-4-6-10-21(17)29-23(19)13-22(18)28-2/h3,5,7,9,11-13H,4,6,8,10,14H2,1-2H3,(H,26,27)/b15-11+. The van der Waals surface area contributed by atoms with Crippen molar-refractivity contribution in [1.82, 2.24) is 5.32 Å². The van der Waals surface area contributed by atoms with E-state index in [1.165, 1.54) is 18.4 Å². The molecule has 29 heavy (non-hydrogen) atoms. The third-order valence-corrected chi connectivity index (χ3v) is 5.83. The smallest absolute Gasteiger partial charge is 0.244 e. The first-order chi connectivity index (χ1) is 14.1. The SMILES string of the molecule is COc1cc2oc3c(c2cc1/C(C)=C/C(=O)NCc1ccccc1Cl)CCCC3. The number of halogens is 1. The predicted molar refractivity (Wildman–Crippen MR) is 116 cm³/mol. The molecular formula is C24H24ClNO3. The van der Waals surface area contributed by atoms with Crippen LogP contribution in [0.1, 0.15) is 42.2 Å². The lowest BCUT2D eigenvalue weighted by atomic mass is 9.94. The lowest BCUT2D eigenvalue weighted by Crippen LogP contribution is -2.20. The van der Waals surface area contributed by atoms with Crippen LogP contribution in [0.15, 0.2) is 46.9 Å². The Balaban J connectivity index is 1.60. The number of allylic oxidation sites excluding steroid dienone is 1. The molecule has 0 spiro atoms. The zero-order valence-electron chi connectivity index (χ0n) is 16.7.